The first-order valence-corrected chi connectivity index (χ1v) is 6.66. The highest BCUT2D eigenvalue weighted by atomic mass is 16.4. The van der Waals surface area contributed by atoms with Gasteiger partial charge in [0.15, 0.2) is 0 Å². The number of para-hydroxylation sites is 1. The summed E-state index contributed by atoms with van der Waals surface area (Å²) in [6.07, 6.45) is 1.63. The fourth-order valence-electron chi connectivity index (χ4n) is 2.13. The third kappa shape index (κ3) is 2.88. The van der Waals surface area contributed by atoms with Crippen LogP contribution in [-0.4, -0.2) is 19.0 Å². The van der Waals surface area contributed by atoms with Crippen molar-refractivity contribution in [2.45, 2.75) is 19.8 Å². The Hall–Kier alpha value is -2.14. The molecular weight excluding hydrogens is 256 g/mol. The molecule has 2 rings (SSSR count). The minimum atomic E-state index is -0.600. The van der Waals surface area contributed by atoms with E-state index in [-0.39, 0.29) is 11.5 Å². The van der Waals surface area contributed by atoms with Gasteiger partial charge in [-0.05, 0) is 37.9 Å². The van der Waals surface area contributed by atoms with Crippen LogP contribution in [0.15, 0.2) is 33.5 Å². The van der Waals surface area contributed by atoms with Crippen LogP contribution in [0.25, 0.3) is 11.0 Å². The van der Waals surface area contributed by atoms with Crippen molar-refractivity contribution < 1.29 is 9.21 Å². The molecule has 0 spiro atoms. The summed E-state index contributed by atoms with van der Waals surface area (Å²) in [5.74, 6) is -0.390. The lowest BCUT2D eigenvalue weighted by Gasteiger charge is -2.08. The van der Waals surface area contributed by atoms with E-state index in [0.717, 1.165) is 18.2 Å². The van der Waals surface area contributed by atoms with Gasteiger partial charge in [-0.3, -0.25) is 4.79 Å². The van der Waals surface area contributed by atoms with Crippen LogP contribution in [0.1, 0.15) is 28.8 Å². The molecule has 1 aromatic carbocycles. The number of fused-ring (bicyclic) bond motifs is 1. The van der Waals surface area contributed by atoms with E-state index in [1.807, 2.05) is 12.1 Å². The van der Waals surface area contributed by atoms with Crippen molar-refractivity contribution >= 4 is 16.9 Å². The zero-order chi connectivity index (χ0) is 14.5. The van der Waals surface area contributed by atoms with E-state index in [9.17, 15) is 9.59 Å². The van der Waals surface area contributed by atoms with E-state index in [2.05, 4.69) is 5.32 Å². The van der Waals surface area contributed by atoms with E-state index in [0.29, 0.717) is 24.2 Å². The monoisotopic (exact) mass is 274 g/mol. The van der Waals surface area contributed by atoms with Crippen LogP contribution < -0.4 is 16.7 Å². The number of aryl methyl sites for hydroxylation is 1. The number of carbonyl (C=O) groups excluding carboxylic acids is 1. The number of rotatable bonds is 5. The summed E-state index contributed by atoms with van der Waals surface area (Å²) < 4.78 is 5.19. The zero-order valence-corrected chi connectivity index (χ0v) is 11.4. The second kappa shape index (κ2) is 6.34. The SMILES string of the molecule is Cc1c(C(=O)NCCCCN)c(=O)oc2ccccc12. The molecule has 0 atom stereocenters. The normalized spacial score (nSPS) is 10.7. The number of unbranched alkanes of at least 4 members (excludes halogenated alkanes) is 1. The molecule has 1 aromatic heterocycles. The number of amides is 1. The molecule has 0 aliphatic carbocycles. The van der Waals surface area contributed by atoms with Gasteiger partial charge in [-0.25, -0.2) is 4.79 Å². The molecule has 0 fully saturated rings. The summed E-state index contributed by atoms with van der Waals surface area (Å²) >= 11 is 0. The van der Waals surface area contributed by atoms with Gasteiger partial charge in [-0.2, -0.15) is 0 Å². The van der Waals surface area contributed by atoms with Gasteiger partial charge in [0.2, 0.25) is 0 Å². The lowest BCUT2D eigenvalue weighted by molar-refractivity contribution is 0.0949. The lowest BCUT2D eigenvalue weighted by Crippen LogP contribution is -2.30. The first-order valence-electron chi connectivity index (χ1n) is 6.66. The molecule has 0 unspecified atom stereocenters. The third-order valence-electron chi connectivity index (χ3n) is 3.22. The molecule has 106 valence electrons. The number of benzene rings is 1. The van der Waals surface area contributed by atoms with Crippen molar-refractivity contribution in [2.24, 2.45) is 5.73 Å². The Labute approximate surface area is 116 Å². The Morgan fingerprint density at radius 3 is 2.80 bits per heavy atom. The van der Waals surface area contributed by atoms with E-state index in [1.54, 1.807) is 19.1 Å². The summed E-state index contributed by atoms with van der Waals surface area (Å²) in [5, 5.41) is 3.50. The van der Waals surface area contributed by atoms with Gasteiger partial charge in [-0.1, -0.05) is 18.2 Å². The van der Waals surface area contributed by atoms with Gasteiger partial charge in [0.25, 0.3) is 5.91 Å². The van der Waals surface area contributed by atoms with Gasteiger partial charge < -0.3 is 15.5 Å². The maximum Gasteiger partial charge on any atom is 0.349 e. The van der Waals surface area contributed by atoms with Crippen LogP contribution in [0.4, 0.5) is 0 Å². The van der Waals surface area contributed by atoms with Gasteiger partial charge in [0.1, 0.15) is 11.1 Å². The Balaban J connectivity index is 2.29. The van der Waals surface area contributed by atoms with Gasteiger partial charge >= 0.3 is 5.63 Å². The largest absolute Gasteiger partial charge is 0.422 e. The van der Waals surface area contributed by atoms with E-state index >= 15 is 0 Å². The molecule has 2 aromatic rings. The van der Waals surface area contributed by atoms with E-state index in [1.165, 1.54) is 0 Å². The highest BCUT2D eigenvalue weighted by Gasteiger charge is 2.17. The summed E-state index contributed by atoms with van der Waals surface area (Å²) in [7, 11) is 0. The second-order valence-electron chi connectivity index (χ2n) is 4.64. The van der Waals surface area contributed by atoms with Crippen molar-refractivity contribution in [1.82, 2.24) is 5.32 Å². The highest BCUT2D eigenvalue weighted by Crippen LogP contribution is 2.18. The number of nitrogens with one attached hydrogen (secondary N) is 1. The Morgan fingerprint density at radius 1 is 1.30 bits per heavy atom. The van der Waals surface area contributed by atoms with E-state index < -0.39 is 5.63 Å². The molecule has 20 heavy (non-hydrogen) atoms. The maximum absolute atomic E-state index is 12.1. The molecule has 5 heteroatoms. The van der Waals surface area contributed by atoms with Gasteiger partial charge in [0.05, 0.1) is 0 Å². The van der Waals surface area contributed by atoms with Gasteiger partial charge in [0, 0.05) is 11.9 Å². The number of hydrogen-bond acceptors (Lipinski definition) is 4. The molecule has 0 radical (unpaired) electrons. The van der Waals surface area contributed by atoms with Gasteiger partial charge in [-0.15, -0.1) is 0 Å². The summed E-state index contributed by atoms with van der Waals surface area (Å²) in [6.45, 7) is 2.85. The fraction of sp³-hybridized carbons (Fsp3) is 0.333. The third-order valence-corrected chi connectivity index (χ3v) is 3.22. The number of nitrogens with two attached hydrogens (primary N) is 1. The molecule has 0 aliphatic rings. The quantitative estimate of drug-likeness (QED) is 0.640. The van der Waals surface area contributed by atoms with Crippen LogP contribution in [0.3, 0.4) is 0 Å². The predicted octanol–water partition coefficient (Wildman–Crippen LogP) is 1.57. The topological polar surface area (TPSA) is 85.3 Å². The molecular formula is C15H18N2O3. The van der Waals surface area contributed by atoms with Crippen molar-refractivity contribution in [3.05, 3.63) is 45.8 Å². The average molecular weight is 274 g/mol. The second-order valence-corrected chi connectivity index (χ2v) is 4.64. The average Bonchev–Trinajstić information content (AvgIpc) is 2.43. The van der Waals surface area contributed by atoms with Crippen LogP contribution in [0.2, 0.25) is 0 Å². The van der Waals surface area contributed by atoms with E-state index in [4.69, 9.17) is 10.2 Å². The van der Waals surface area contributed by atoms with Crippen molar-refractivity contribution in [2.75, 3.05) is 13.1 Å². The molecule has 0 saturated carbocycles. The van der Waals surface area contributed by atoms with Crippen molar-refractivity contribution in [1.29, 1.82) is 0 Å². The molecule has 3 N–H and O–H groups in total. The maximum atomic E-state index is 12.1. The fourth-order valence-corrected chi connectivity index (χ4v) is 2.13. The molecule has 5 nitrogen and oxygen atoms in total. The number of carbonyl (C=O) groups is 1. The van der Waals surface area contributed by atoms with Crippen LogP contribution >= 0.6 is 0 Å². The van der Waals surface area contributed by atoms with Crippen molar-refractivity contribution in [3.8, 4) is 0 Å². The minimum Gasteiger partial charge on any atom is -0.422 e. The number of hydrogen-bond donors (Lipinski definition) is 2. The molecule has 0 aliphatic heterocycles. The molecule has 0 saturated heterocycles. The standard InChI is InChI=1S/C15H18N2O3/c1-10-11-6-2-3-7-12(11)20-15(19)13(10)14(18)17-9-5-4-8-16/h2-3,6-7H,4-5,8-9,16H2,1H3,(H,17,18). The van der Waals surface area contributed by atoms with Crippen LogP contribution in [-0.2, 0) is 0 Å². The summed E-state index contributed by atoms with van der Waals surface area (Å²) in [6, 6.07) is 7.18. The molecule has 1 amide bonds. The Kier molecular flexibility index (Phi) is 4.53. The minimum absolute atomic E-state index is 0.0800. The highest BCUT2D eigenvalue weighted by molar-refractivity contribution is 5.99. The van der Waals surface area contributed by atoms with Crippen molar-refractivity contribution in [3.63, 3.8) is 0 Å². The zero-order valence-electron chi connectivity index (χ0n) is 11.4. The van der Waals surface area contributed by atoms with Crippen LogP contribution in [0, 0.1) is 6.92 Å². The molecule has 1 heterocycles. The first-order chi connectivity index (χ1) is 9.65. The Bertz CT molecular complexity index is 676. The summed E-state index contributed by atoms with van der Waals surface area (Å²) in [4.78, 5) is 24.0. The summed E-state index contributed by atoms with van der Waals surface area (Å²) in [5.41, 5.74) is 6.01. The Morgan fingerprint density at radius 2 is 2.05 bits per heavy atom. The first kappa shape index (κ1) is 14.3. The molecule has 0 bridgehead atoms. The predicted molar refractivity (Wildman–Crippen MR) is 77.8 cm³/mol. The smallest absolute Gasteiger partial charge is 0.349 e. The van der Waals surface area contributed by atoms with Crippen LogP contribution in [0.5, 0.6) is 0 Å². The lowest BCUT2D eigenvalue weighted by atomic mass is 10.1.